The second kappa shape index (κ2) is 6.05. The predicted molar refractivity (Wildman–Crippen MR) is 85.4 cm³/mol. The van der Waals surface area contributed by atoms with Gasteiger partial charge >= 0.3 is 6.09 Å². The molecule has 0 aliphatic heterocycles. The van der Waals surface area contributed by atoms with E-state index in [-0.39, 0.29) is 0 Å². The molecule has 0 radical (unpaired) electrons. The van der Waals surface area contributed by atoms with Gasteiger partial charge in [0.05, 0.1) is 18.3 Å². The number of hydrogen-bond donors (Lipinski definition) is 0. The fourth-order valence-electron chi connectivity index (χ4n) is 2.00. The molecule has 6 heteroatoms. The lowest BCUT2D eigenvalue weighted by Crippen LogP contribution is -2.27. The highest BCUT2D eigenvalue weighted by Gasteiger charge is 2.22. The van der Waals surface area contributed by atoms with Gasteiger partial charge < -0.3 is 9.47 Å². The van der Waals surface area contributed by atoms with E-state index in [9.17, 15) is 4.79 Å². The molecule has 5 nitrogen and oxygen atoms in total. The minimum atomic E-state index is -0.566. The Morgan fingerprint density at radius 2 is 2.10 bits per heavy atom. The van der Waals surface area contributed by atoms with Crippen molar-refractivity contribution in [3.63, 3.8) is 0 Å². The van der Waals surface area contributed by atoms with Crippen LogP contribution in [0.2, 0.25) is 0 Å². The molecule has 2 aromatic rings. The fourth-order valence-corrected chi connectivity index (χ4v) is 2.38. The largest absolute Gasteiger partial charge is 0.497 e. The molecule has 0 N–H and O–H groups in total. The Balaban J connectivity index is 2.53. The third-order valence-electron chi connectivity index (χ3n) is 2.86. The molecule has 21 heavy (non-hydrogen) atoms. The summed E-state index contributed by atoms with van der Waals surface area (Å²) in [5.74, 6) is 0.678. The van der Waals surface area contributed by atoms with Crippen LogP contribution in [0, 0.1) is 0 Å². The van der Waals surface area contributed by atoms with Crippen molar-refractivity contribution in [3.8, 4) is 5.75 Å². The maximum atomic E-state index is 12.3. The topological polar surface area (TPSA) is 53.4 Å². The smallest absolute Gasteiger partial charge is 0.435 e. The number of ether oxygens (including phenoxy) is 2. The zero-order valence-corrected chi connectivity index (χ0v) is 14.2. The normalized spacial score (nSPS) is 11.7. The van der Waals surface area contributed by atoms with Gasteiger partial charge in [0, 0.05) is 23.2 Å². The van der Waals surface area contributed by atoms with Crippen molar-refractivity contribution in [2.75, 3.05) is 12.4 Å². The third kappa shape index (κ3) is 3.56. The number of halogens is 1. The van der Waals surface area contributed by atoms with Crippen molar-refractivity contribution in [2.24, 2.45) is 0 Å². The van der Waals surface area contributed by atoms with E-state index in [0.717, 1.165) is 22.8 Å². The number of fused-ring (bicyclic) bond motifs is 1. The van der Waals surface area contributed by atoms with Crippen LogP contribution >= 0.6 is 15.9 Å². The summed E-state index contributed by atoms with van der Waals surface area (Å²) >= 11 is 3.40. The molecule has 0 bridgehead atoms. The number of nitrogens with zero attached hydrogens (tertiary/aromatic N) is 2. The number of aromatic nitrogens is 2. The van der Waals surface area contributed by atoms with Crippen LogP contribution in [0.25, 0.3) is 10.9 Å². The molecule has 1 aromatic carbocycles. The average Bonchev–Trinajstić information content (AvgIpc) is 2.75. The third-order valence-corrected chi connectivity index (χ3v) is 3.26. The lowest BCUT2D eigenvalue weighted by atomic mass is 10.2. The van der Waals surface area contributed by atoms with Gasteiger partial charge in [0.15, 0.2) is 0 Å². The first-order valence-electron chi connectivity index (χ1n) is 6.70. The number of benzene rings is 1. The number of carbonyl (C=O) groups is 1. The molecule has 0 aliphatic rings. The first-order chi connectivity index (χ1) is 9.85. The summed E-state index contributed by atoms with van der Waals surface area (Å²) in [5.41, 5.74) is 0.985. The van der Waals surface area contributed by atoms with E-state index in [1.54, 1.807) is 13.2 Å². The van der Waals surface area contributed by atoms with Crippen molar-refractivity contribution in [1.29, 1.82) is 0 Å². The van der Waals surface area contributed by atoms with E-state index in [1.165, 1.54) is 4.68 Å². The van der Waals surface area contributed by atoms with E-state index in [4.69, 9.17) is 9.47 Å². The van der Waals surface area contributed by atoms with Crippen molar-refractivity contribution < 1.29 is 14.3 Å². The number of rotatable bonds is 3. The molecular weight excluding hydrogens is 336 g/mol. The van der Waals surface area contributed by atoms with Crippen LogP contribution < -0.4 is 4.74 Å². The van der Waals surface area contributed by atoms with Gasteiger partial charge in [-0.1, -0.05) is 15.9 Å². The molecule has 0 unspecified atom stereocenters. The average molecular weight is 355 g/mol. The minimum absolute atomic E-state index is 0.485. The molecule has 114 valence electrons. The van der Waals surface area contributed by atoms with Gasteiger partial charge in [-0.25, -0.2) is 4.79 Å². The summed E-state index contributed by atoms with van der Waals surface area (Å²) in [5, 5.41) is 6.10. The van der Waals surface area contributed by atoms with Gasteiger partial charge in [0.25, 0.3) is 0 Å². The van der Waals surface area contributed by atoms with Crippen LogP contribution in [0.1, 0.15) is 26.5 Å². The Kier molecular flexibility index (Phi) is 4.56. The highest BCUT2D eigenvalue weighted by atomic mass is 79.9. The van der Waals surface area contributed by atoms with Crippen molar-refractivity contribution in [3.05, 3.63) is 23.9 Å². The van der Waals surface area contributed by atoms with Gasteiger partial charge in [-0.15, -0.1) is 0 Å². The summed E-state index contributed by atoms with van der Waals surface area (Å²) in [7, 11) is 1.59. The van der Waals surface area contributed by atoms with Gasteiger partial charge in [0.2, 0.25) is 0 Å². The second-order valence-corrected chi connectivity index (χ2v) is 6.45. The first-order valence-corrected chi connectivity index (χ1v) is 7.83. The van der Waals surface area contributed by atoms with Gasteiger partial charge in [0.1, 0.15) is 11.4 Å². The molecule has 0 aliphatic carbocycles. The molecule has 0 amide bonds. The van der Waals surface area contributed by atoms with Crippen molar-refractivity contribution in [1.82, 2.24) is 9.78 Å². The number of aryl methyl sites for hydroxylation is 1. The van der Waals surface area contributed by atoms with Crippen molar-refractivity contribution in [2.45, 2.75) is 32.8 Å². The number of methoxy groups -OCH3 is 1. The highest BCUT2D eigenvalue weighted by molar-refractivity contribution is 9.09. The second-order valence-electron chi connectivity index (χ2n) is 5.66. The monoisotopic (exact) mass is 354 g/mol. The Labute approximate surface area is 132 Å². The molecule has 1 aromatic heterocycles. The summed E-state index contributed by atoms with van der Waals surface area (Å²) in [4.78, 5) is 12.3. The number of hydrogen-bond acceptors (Lipinski definition) is 4. The van der Waals surface area contributed by atoms with E-state index < -0.39 is 11.7 Å². The Hall–Kier alpha value is -1.56. The molecule has 0 spiro atoms. The van der Waals surface area contributed by atoms with Crippen LogP contribution in [-0.2, 0) is 11.2 Å². The van der Waals surface area contributed by atoms with Crippen LogP contribution in [0.15, 0.2) is 18.2 Å². The van der Waals surface area contributed by atoms with Gasteiger partial charge in [-0.2, -0.15) is 9.78 Å². The van der Waals surface area contributed by atoms with E-state index in [0.29, 0.717) is 11.3 Å². The van der Waals surface area contributed by atoms with Gasteiger partial charge in [-0.3, -0.25) is 0 Å². The Morgan fingerprint density at radius 3 is 2.67 bits per heavy atom. The van der Waals surface area contributed by atoms with E-state index >= 15 is 0 Å². The summed E-state index contributed by atoms with van der Waals surface area (Å²) in [6.07, 6.45) is 0.250. The quantitative estimate of drug-likeness (QED) is 0.787. The predicted octanol–water partition coefficient (Wildman–Crippen LogP) is 3.77. The molecule has 0 fully saturated rings. The first kappa shape index (κ1) is 15.8. The summed E-state index contributed by atoms with van der Waals surface area (Å²) < 4.78 is 11.9. The van der Waals surface area contributed by atoms with Crippen LogP contribution in [0.3, 0.4) is 0 Å². The zero-order chi connectivity index (χ0) is 15.6. The Morgan fingerprint density at radius 1 is 1.38 bits per heavy atom. The van der Waals surface area contributed by atoms with Crippen LogP contribution in [0.5, 0.6) is 5.75 Å². The number of alkyl halides is 1. The maximum Gasteiger partial charge on any atom is 0.435 e. The molecule has 0 saturated heterocycles. The lowest BCUT2D eigenvalue weighted by molar-refractivity contribution is 0.0522. The minimum Gasteiger partial charge on any atom is -0.497 e. The van der Waals surface area contributed by atoms with Crippen LogP contribution in [0.4, 0.5) is 4.79 Å². The Bertz CT molecular complexity index is 659. The molecule has 2 rings (SSSR count). The maximum absolute atomic E-state index is 12.3. The molecular formula is C15H19BrN2O3. The number of carbonyl (C=O) groups excluding carboxylic acids is 1. The fraction of sp³-hybridized carbons (Fsp3) is 0.467. The zero-order valence-electron chi connectivity index (χ0n) is 12.6. The van der Waals surface area contributed by atoms with Crippen LogP contribution in [-0.4, -0.2) is 33.9 Å². The molecule has 0 saturated carbocycles. The van der Waals surface area contributed by atoms with E-state index in [1.807, 2.05) is 32.9 Å². The van der Waals surface area contributed by atoms with Crippen molar-refractivity contribution >= 4 is 32.9 Å². The standard InChI is InChI=1S/C15H19BrN2O3/c1-15(2,3)21-14(19)18-13-9-10(20-4)5-6-11(13)12(17-18)7-8-16/h5-6,9H,7-8H2,1-4H3. The lowest BCUT2D eigenvalue weighted by Gasteiger charge is -2.19. The van der Waals surface area contributed by atoms with E-state index in [2.05, 4.69) is 21.0 Å². The SMILES string of the molecule is COc1ccc2c(CCBr)nn(C(=O)OC(C)(C)C)c2c1. The highest BCUT2D eigenvalue weighted by Crippen LogP contribution is 2.25. The molecule has 0 atom stereocenters. The molecule has 1 heterocycles. The van der Waals surface area contributed by atoms with Gasteiger partial charge in [-0.05, 0) is 32.9 Å². The summed E-state index contributed by atoms with van der Waals surface area (Å²) in [6.45, 7) is 5.49. The summed E-state index contributed by atoms with van der Waals surface area (Å²) in [6, 6.07) is 5.57.